The van der Waals surface area contributed by atoms with E-state index in [1.54, 1.807) is 6.07 Å². The van der Waals surface area contributed by atoms with Crippen molar-refractivity contribution in [2.45, 2.75) is 52.2 Å². The number of likely N-dealkylation sites (tertiary alicyclic amines) is 1. The van der Waals surface area contributed by atoms with E-state index in [2.05, 4.69) is 37.1 Å². The molecule has 0 aromatic heterocycles. The van der Waals surface area contributed by atoms with Gasteiger partial charge >= 0.3 is 0 Å². The molecule has 1 aromatic carbocycles. The van der Waals surface area contributed by atoms with E-state index in [-0.39, 0.29) is 0 Å². The smallest absolute Gasteiger partial charge is 0.120 e. The highest BCUT2D eigenvalue weighted by molar-refractivity contribution is 5.35. The Morgan fingerprint density at radius 1 is 1.32 bits per heavy atom. The molecule has 2 N–H and O–H groups in total. The van der Waals surface area contributed by atoms with Crippen molar-refractivity contribution in [3.63, 3.8) is 0 Å². The van der Waals surface area contributed by atoms with Crippen LogP contribution in [0.2, 0.25) is 0 Å². The van der Waals surface area contributed by atoms with Crippen LogP contribution >= 0.6 is 0 Å². The maximum atomic E-state index is 9.83. The van der Waals surface area contributed by atoms with E-state index in [9.17, 15) is 5.11 Å². The lowest BCUT2D eigenvalue weighted by Gasteiger charge is -2.35. The Bertz CT molecular complexity index is 409. The second-order valence-corrected chi connectivity index (χ2v) is 5.92. The second kappa shape index (κ2) is 6.40. The van der Waals surface area contributed by atoms with Crippen LogP contribution < -0.4 is 5.32 Å². The van der Waals surface area contributed by atoms with Crippen LogP contribution in [0.3, 0.4) is 0 Å². The van der Waals surface area contributed by atoms with Crippen molar-refractivity contribution in [2.75, 3.05) is 13.1 Å². The summed E-state index contributed by atoms with van der Waals surface area (Å²) in [4.78, 5) is 2.53. The van der Waals surface area contributed by atoms with Gasteiger partial charge in [0.25, 0.3) is 0 Å². The Balaban J connectivity index is 1.82. The van der Waals surface area contributed by atoms with Crippen molar-refractivity contribution in [1.29, 1.82) is 0 Å². The quantitative estimate of drug-likeness (QED) is 0.875. The molecule has 1 saturated heterocycles. The largest absolute Gasteiger partial charge is 0.508 e. The first-order chi connectivity index (χ1) is 9.06. The third-order valence-corrected chi connectivity index (χ3v) is 4.08. The fourth-order valence-electron chi connectivity index (χ4n) is 2.73. The first-order valence-electron chi connectivity index (χ1n) is 7.32. The molecule has 1 aliphatic heterocycles. The third-order valence-electron chi connectivity index (χ3n) is 4.08. The Labute approximate surface area is 116 Å². The summed E-state index contributed by atoms with van der Waals surface area (Å²) in [6.07, 6.45) is 2.40. The summed E-state index contributed by atoms with van der Waals surface area (Å²) in [6, 6.07) is 7.02. The van der Waals surface area contributed by atoms with Crippen molar-refractivity contribution in [3.8, 4) is 5.75 Å². The highest BCUT2D eigenvalue weighted by Gasteiger charge is 2.20. The minimum absolute atomic E-state index is 0.401. The number of nitrogens with one attached hydrogen (secondary N) is 1. The molecule has 0 radical (unpaired) electrons. The molecule has 0 amide bonds. The van der Waals surface area contributed by atoms with Crippen LogP contribution in [0.25, 0.3) is 0 Å². The van der Waals surface area contributed by atoms with Crippen LogP contribution in [-0.2, 0) is 6.54 Å². The Morgan fingerprint density at radius 3 is 2.63 bits per heavy atom. The molecule has 3 nitrogen and oxygen atoms in total. The number of hydrogen-bond acceptors (Lipinski definition) is 3. The van der Waals surface area contributed by atoms with E-state index in [1.165, 1.54) is 31.5 Å². The van der Waals surface area contributed by atoms with Gasteiger partial charge in [-0.05, 0) is 52.8 Å². The van der Waals surface area contributed by atoms with Crippen LogP contribution in [0.15, 0.2) is 18.2 Å². The molecule has 0 bridgehead atoms. The van der Waals surface area contributed by atoms with Crippen molar-refractivity contribution in [3.05, 3.63) is 29.3 Å². The van der Waals surface area contributed by atoms with Gasteiger partial charge in [-0.15, -0.1) is 0 Å². The van der Waals surface area contributed by atoms with E-state index in [0.717, 1.165) is 12.1 Å². The summed E-state index contributed by atoms with van der Waals surface area (Å²) >= 11 is 0. The number of rotatable bonds is 4. The van der Waals surface area contributed by atoms with E-state index < -0.39 is 0 Å². The normalized spacial score (nSPS) is 18.1. The average molecular weight is 262 g/mol. The predicted molar refractivity (Wildman–Crippen MR) is 79.4 cm³/mol. The molecule has 0 unspecified atom stereocenters. The van der Waals surface area contributed by atoms with Crippen LogP contribution in [0, 0.1) is 6.92 Å². The zero-order valence-electron chi connectivity index (χ0n) is 12.3. The van der Waals surface area contributed by atoms with Gasteiger partial charge in [0.15, 0.2) is 0 Å². The molecular weight excluding hydrogens is 236 g/mol. The van der Waals surface area contributed by atoms with Gasteiger partial charge in [-0.2, -0.15) is 0 Å². The monoisotopic (exact) mass is 262 g/mol. The fraction of sp³-hybridized carbons (Fsp3) is 0.625. The number of piperidine rings is 1. The Hall–Kier alpha value is -1.06. The first-order valence-corrected chi connectivity index (χ1v) is 7.32. The molecule has 1 heterocycles. The molecule has 2 rings (SSSR count). The summed E-state index contributed by atoms with van der Waals surface area (Å²) in [5, 5.41) is 13.4. The van der Waals surface area contributed by atoms with Crippen LogP contribution in [-0.4, -0.2) is 35.2 Å². The minimum Gasteiger partial charge on any atom is -0.508 e. The molecule has 1 aliphatic rings. The lowest BCUT2D eigenvalue weighted by atomic mass is 10.0. The van der Waals surface area contributed by atoms with E-state index >= 15 is 0 Å². The molecular formula is C16H26N2O. The maximum Gasteiger partial charge on any atom is 0.120 e. The number of nitrogens with zero attached hydrogens (tertiary/aromatic N) is 1. The summed E-state index contributed by atoms with van der Waals surface area (Å²) in [5.74, 6) is 0.401. The molecule has 0 aliphatic carbocycles. The number of phenolic OH excluding ortho intramolecular Hbond substituents is 1. The predicted octanol–water partition coefficient (Wildman–Crippen LogP) is 2.66. The first kappa shape index (κ1) is 14.4. The van der Waals surface area contributed by atoms with Crippen LogP contribution in [0.1, 0.15) is 37.8 Å². The van der Waals surface area contributed by atoms with Gasteiger partial charge in [-0.25, -0.2) is 0 Å². The topological polar surface area (TPSA) is 35.5 Å². The van der Waals surface area contributed by atoms with E-state index in [4.69, 9.17) is 0 Å². The molecule has 106 valence electrons. The lowest BCUT2D eigenvalue weighted by Crippen LogP contribution is -2.44. The summed E-state index contributed by atoms with van der Waals surface area (Å²) in [7, 11) is 0. The third kappa shape index (κ3) is 3.95. The van der Waals surface area contributed by atoms with Crippen molar-refractivity contribution in [1.82, 2.24) is 10.2 Å². The SMILES string of the molecule is Cc1ccc(O)c(CNC2CCN(C(C)C)CC2)c1. The summed E-state index contributed by atoms with van der Waals surface area (Å²) in [6.45, 7) is 9.70. The van der Waals surface area contributed by atoms with Gasteiger partial charge in [0.2, 0.25) is 0 Å². The van der Waals surface area contributed by atoms with Crippen molar-refractivity contribution < 1.29 is 5.11 Å². The highest BCUT2D eigenvalue weighted by Crippen LogP contribution is 2.19. The van der Waals surface area contributed by atoms with Crippen molar-refractivity contribution in [2.24, 2.45) is 0 Å². The molecule has 1 aromatic rings. The average Bonchev–Trinajstić information content (AvgIpc) is 2.40. The number of phenols is 1. The molecule has 1 fully saturated rings. The maximum absolute atomic E-state index is 9.83. The van der Waals surface area contributed by atoms with Gasteiger partial charge in [0, 0.05) is 24.2 Å². The van der Waals surface area contributed by atoms with Crippen LogP contribution in [0.4, 0.5) is 0 Å². The molecule has 0 spiro atoms. The number of aromatic hydroxyl groups is 1. The Morgan fingerprint density at radius 2 is 2.00 bits per heavy atom. The van der Waals surface area contributed by atoms with Gasteiger partial charge in [0.1, 0.15) is 5.75 Å². The van der Waals surface area contributed by atoms with Gasteiger partial charge < -0.3 is 15.3 Å². The van der Waals surface area contributed by atoms with E-state index in [1.807, 2.05) is 6.07 Å². The summed E-state index contributed by atoms with van der Waals surface area (Å²) < 4.78 is 0. The molecule has 0 saturated carbocycles. The molecule has 0 atom stereocenters. The fourth-order valence-corrected chi connectivity index (χ4v) is 2.73. The minimum atomic E-state index is 0.401. The molecule has 3 heteroatoms. The zero-order valence-corrected chi connectivity index (χ0v) is 12.3. The number of aryl methyl sites for hydroxylation is 1. The second-order valence-electron chi connectivity index (χ2n) is 5.92. The number of hydrogen-bond donors (Lipinski definition) is 2. The zero-order chi connectivity index (χ0) is 13.8. The summed E-state index contributed by atoms with van der Waals surface area (Å²) in [5.41, 5.74) is 2.20. The van der Waals surface area contributed by atoms with Gasteiger partial charge in [-0.3, -0.25) is 0 Å². The number of benzene rings is 1. The Kier molecular flexibility index (Phi) is 4.83. The van der Waals surface area contributed by atoms with E-state index in [0.29, 0.717) is 17.8 Å². The van der Waals surface area contributed by atoms with Gasteiger partial charge in [-0.1, -0.05) is 17.7 Å². The standard InChI is InChI=1S/C16H26N2O/c1-12(2)18-8-6-15(7-9-18)17-11-14-10-13(3)4-5-16(14)19/h4-5,10,12,15,17,19H,6-9,11H2,1-3H3. The lowest BCUT2D eigenvalue weighted by molar-refractivity contribution is 0.160. The van der Waals surface area contributed by atoms with Crippen molar-refractivity contribution >= 4 is 0 Å². The molecule has 19 heavy (non-hydrogen) atoms. The van der Waals surface area contributed by atoms with Crippen LogP contribution in [0.5, 0.6) is 5.75 Å². The highest BCUT2D eigenvalue weighted by atomic mass is 16.3. The van der Waals surface area contributed by atoms with Gasteiger partial charge in [0.05, 0.1) is 0 Å².